The molecule has 0 unspecified atom stereocenters. The van der Waals surface area contributed by atoms with Gasteiger partial charge < -0.3 is 14.5 Å². The first-order valence-corrected chi connectivity index (χ1v) is 14.4. The molecule has 0 N–H and O–H groups in total. The molecule has 2 amide bonds. The third-order valence-corrected chi connectivity index (χ3v) is 8.74. The fourth-order valence-corrected chi connectivity index (χ4v) is 6.61. The van der Waals surface area contributed by atoms with Crippen LogP contribution < -0.4 is 4.90 Å². The summed E-state index contributed by atoms with van der Waals surface area (Å²) < 4.78 is 32.3. The lowest BCUT2D eigenvalue weighted by atomic mass is 10.2. The summed E-state index contributed by atoms with van der Waals surface area (Å²) >= 11 is 1.00. The van der Waals surface area contributed by atoms with Gasteiger partial charge in [0.25, 0.3) is 0 Å². The van der Waals surface area contributed by atoms with Gasteiger partial charge in [0.2, 0.25) is 21.8 Å². The lowest BCUT2D eigenvalue weighted by molar-refractivity contribution is -0.136. The van der Waals surface area contributed by atoms with Crippen molar-refractivity contribution in [1.29, 1.82) is 0 Å². The number of ether oxygens (including phenoxy) is 1. The lowest BCUT2D eigenvalue weighted by Crippen LogP contribution is -2.48. The molecule has 0 aliphatic carbocycles. The summed E-state index contributed by atoms with van der Waals surface area (Å²) in [7, 11) is 0.236. The molecule has 0 radical (unpaired) electrons. The molecule has 0 spiro atoms. The third kappa shape index (κ3) is 7.78. The molecule has 1 heterocycles. The van der Waals surface area contributed by atoms with Gasteiger partial charge in [-0.1, -0.05) is 42.1 Å². The quantitative estimate of drug-likeness (QED) is 0.420. The maximum atomic E-state index is 13.4. The highest BCUT2D eigenvalue weighted by molar-refractivity contribution is 8.14. The Kier molecular flexibility index (Phi) is 10.1. The Morgan fingerprint density at radius 1 is 1.05 bits per heavy atom. The zero-order valence-electron chi connectivity index (χ0n) is 22.1. The Labute approximate surface area is 232 Å². The molecule has 208 valence electrons. The van der Waals surface area contributed by atoms with Crippen LogP contribution in [0.3, 0.4) is 0 Å². The van der Waals surface area contributed by atoms with E-state index in [0.29, 0.717) is 16.8 Å². The molecule has 1 aliphatic heterocycles. The van der Waals surface area contributed by atoms with E-state index in [1.54, 1.807) is 36.4 Å². The molecule has 12 heteroatoms. The first-order chi connectivity index (χ1) is 18.4. The van der Waals surface area contributed by atoms with Crippen LogP contribution in [-0.4, -0.2) is 86.1 Å². The van der Waals surface area contributed by atoms with Crippen LogP contribution in [0.15, 0.2) is 60.0 Å². The fourth-order valence-electron chi connectivity index (χ4n) is 4.13. The first-order valence-electron chi connectivity index (χ1n) is 12.0. The minimum absolute atomic E-state index is 0.00362. The number of methoxy groups -OCH3 is 1. The molecule has 39 heavy (non-hydrogen) atoms. The summed E-state index contributed by atoms with van der Waals surface area (Å²) in [5.74, 6) is -1.46. The van der Waals surface area contributed by atoms with Crippen LogP contribution in [0.4, 0.5) is 5.69 Å². The number of carbonyl (C=O) groups is 4. The number of anilines is 1. The highest BCUT2D eigenvalue weighted by Gasteiger charge is 2.44. The van der Waals surface area contributed by atoms with Crippen molar-refractivity contribution in [3.63, 3.8) is 0 Å². The molecule has 2 aromatic rings. The number of hydrogen-bond acceptors (Lipinski definition) is 8. The van der Waals surface area contributed by atoms with Gasteiger partial charge >= 0.3 is 5.97 Å². The number of amides is 2. The number of rotatable bonds is 9. The number of nitrogens with zero attached hydrogens (tertiary/aromatic N) is 3. The maximum Gasteiger partial charge on any atom is 0.337 e. The van der Waals surface area contributed by atoms with Crippen LogP contribution in [0.1, 0.15) is 29.3 Å². The van der Waals surface area contributed by atoms with Crippen molar-refractivity contribution in [3.8, 4) is 0 Å². The van der Waals surface area contributed by atoms with Crippen molar-refractivity contribution in [2.75, 3.05) is 39.2 Å². The number of esters is 1. The van der Waals surface area contributed by atoms with E-state index in [9.17, 15) is 27.6 Å². The average Bonchev–Trinajstić information content (AvgIpc) is 3.35. The van der Waals surface area contributed by atoms with Gasteiger partial charge in [-0.3, -0.25) is 14.4 Å². The van der Waals surface area contributed by atoms with Gasteiger partial charge in [-0.15, -0.1) is 0 Å². The van der Waals surface area contributed by atoms with Crippen molar-refractivity contribution in [2.45, 2.75) is 24.6 Å². The number of thioether (sulfide) groups is 1. The van der Waals surface area contributed by atoms with Crippen molar-refractivity contribution in [2.24, 2.45) is 0 Å². The maximum absolute atomic E-state index is 13.4. The highest BCUT2D eigenvalue weighted by Crippen LogP contribution is 2.32. The molecule has 2 aromatic carbocycles. The van der Waals surface area contributed by atoms with Crippen LogP contribution in [0, 0.1) is 0 Å². The molecule has 0 aromatic heterocycles. The van der Waals surface area contributed by atoms with E-state index in [4.69, 9.17) is 0 Å². The molecule has 1 saturated heterocycles. The Morgan fingerprint density at radius 3 is 2.28 bits per heavy atom. The molecule has 3 rings (SSSR count). The molecular weight excluding hydrogens is 542 g/mol. The number of likely N-dealkylation sites (N-methyl/N-ethyl adjacent to an activating group) is 2. The second kappa shape index (κ2) is 13.0. The van der Waals surface area contributed by atoms with Crippen molar-refractivity contribution < 1.29 is 32.3 Å². The van der Waals surface area contributed by atoms with Gasteiger partial charge in [-0.2, -0.15) is 4.31 Å². The lowest BCUT2D eigenvalue weighted by Gasteiger charge is -2.27. The van der Waals surface area contributed by atoms with Gasteiger partial charge in [0, 0.05) is 43.9 Å². The summed E-state index contributed by atoms with van der Waals surface area (Å²) in [5.41, 5.74) is 1.52. The summed E-state index contributed by atoms with van der Waals surface area (Å²) in [6.45, 7) is 1.09. The summed E-state index contributed by atoms with van der Waals surface area (Å²) in [6.07, 6.45) is 1.60. The standard InChI is InChI=1S/C27H31N3O7S2/c1-19(31)38-23-16-24(30(17-23)39(35,36)15-14-20-8-6-5-7-9-20)26(33)28(2)18-25(32)29(3)22-12-10-21(11-13-22)27(34)37-4/h5-15,23-24H,16-18H2,1-4H3/b15-14+/t23-,24+/m1/s1. The Morgan fingerprint density at radius 2 is 1.69 bits per heavy atom. The van der Waals surface area contributed by atoms with E-state index in [-0.39, 0.29) is 24.6 Å². The summed E-state index contributed by atoms with van der Waals surface area (Å²) in [5, 5.41) is 0.491. The van der Waals surface area contributed by atoms with Crippen molar-refractivity contribution in [1.82, 2.24) is 9.21 Å². The van der Waals surface area contributed by atoms with Gasteiger partial charge in [-0.05, 0) is 42.3 Å². The van der Waals surface area contributed by atoms with E-state index in [1.165, 1.54) is 56.1 Å². The minimum Gasteiger partial charge on any atom is -0.465 e. The second-order valence-corrected chi connectivity index (χ2v) is 12.2. The highest BCUT2D eigenvalue weighted by atomic mass is 32.2. The molecular formula is C27H31N3O7S2. The fraction of sp³-hybridized carbons (Fsp3) is 0.333. The molecule has 0 saturated carbocycles. The Bertz CT molecular complexity index is 1350. The zero-order valence-corrected chi connectivity index (χ0v) is 23.8. The smallest absolute Gasteiger partial charge is 0.337 e. The Hall–Kier alpha value is -3.48. The summed E-state index contributed by atoms with van der Waals surface area (Å²) in [6, 6.07) is 14.0. The van der Waals surface area contributed by atoms with E-state index >= 15 is 0 Å². The molecule has 1 fully saturated rings. The van der Waals surface area contributed by atoms with Gasteiger partial charge in [0.05, 0.1) is 19.2 Å². The number of hydrogen-bond donors (Lipinski definition) is 0. The predicted octanol–water partition coefficient (Wildman–Crippen LogP) is 2.62. The number of sulfonamides is 1. The van der Waals surface area contributed by atoms with Gasteiger partial charge in [0.1, 0.15) is 6.04 Å². The van der Waals surface area contributed by atoms with Gasteiger partial charge in [0.15, 0.2) is 5.12 Å². The number of benzene rings is 2. The van der Waals surface area contributed by atoms with Crippen molar-refractivity contribution >= 4 is 56.4 Å². The average molecular weight is 574 g/mol. The van der Waals surface area contributed by atoms with Crippen LogP contribution in [-0.2, 0) is 29.1 Å². The molecule has 1 aliphatic rings. The SMILES string of the molecule is COC(=O)c1ccc(N(C)C(=O)CN(C)C(=O)[C@@H]2C[C@@H](SC(C)=O)CN2S(=O)(=O)/C=C/c2ccccc2)cc1. The molecule has 2 atom stereocenters. The largest absolute Gasteiger partial charge is 0.465 e. The molecule has 10 nitrogen and oxygen atoms in total. The monoisotopic (exact) mass is 573 g/mol. The van der Waals surface area contributed by atoms with Crippen LogP contribution in [0.2, 0.25) is 0 Å². The predicted molar refractivity (Wildman–Crippen MR) is 150 cm³/mol. The summed E-state index contributed by atoms with van der Waals surface area (Å²) in [4.78, 5) is 52.3. The van der Waals surface area contributed by atoms with Crippen LogP contribution in [0.5, 0.6) is 0 Å². The van der Waals surface area contributed by atoms with Gasteiger partial charge in [-0.25, -0.2) is 13.2 Å². The van der Waals surface area contributed by atoms with E-state index < -0.39 is 39.1 Å². The first kappa shape index (κ1) is 30.1. The van der Waals surface area contributed by atoms with E-state index in [0.717, 1.165) is 21.5 Å². The van der Waals surface area contributed by atoms with Crippen LogP contribution >= 0.6 is 11.8 Å². The third-order valence-electron chi connectivity index (χ3n) is 6.19. The second-order valence-electron chi connectivity index (χ2n) is 9.00. The van der Waals surface area contributed by atoms with E-state index in [2.05, 4.69) is 4.74 Å². The topological polar surface area (TPSA) is 121 Å². The normalized spacial score (nSPS) is 17.6. The zero-order chi connectivity index (χ0) is 28.7. The molecule has 0 bridgehead atoms. The number of carbonyl (C=O) groups excluding carboxylic acids is 4. The minimum atomic E-state index is -4.01. The van der Waals surface area contributed by atoms with Crippen molar-refractivity contribution in [3.05, 3.63) is 71.1 Å². The van der Waals surface area contributed by atoms with Crippen LogP contribution in [0.25, 0.3) is 6.08 Å². The Balaban J connectivity index is 1.75. The van der Waals surface area contributed by atoms with E-state index in [1.807, 2.05) is 6.07 Å².